The van der Waals surface area contributed by atoms with Gasteiger partial charge in [-0.05, 0) is 36.8 Å². The Morgan fingerprint density at radius 1 is 1.14 bits per heavy atom. The summed E-state index contributed by atoms with van der Waals surface area (Å²) in [5.74, 6) is -0.936. The maximum atomic E-state index is 12.2. The smallest absolute Gasteiger partial charge is 0.338 e. The quantitative estimate of drug-likeness (QED) is 0.722. The van der Waals surface area contributed by atoms with E-state index in [0.29, 0.717) is 16.3 Å². The number of aryl methyl sites for hydroxylation is 1. The summed E-state index contributed by atoms with van der Waals surface area (Å²) in [5, 5.41) is 3.22. The third-order valence-electron chi connectivity index (χ3n) is 4.65. The average Bonchev–Trinajstić information content (AvgIpc) is 2.70. The van der Waals surface area contributed by atoms with Crippen LogP contribution in [0.3, 0.4) is 0 Å². The Morgan fingerprint density at radius 2 is 1.86 bits per heavy atom. The van der Waals surface area contributed by atoms with Gasteiger partial charge in [-0.3, -0.25) is 4.79 Å². The fraction of sp³-hybridized carbons (Fsp3) is 0.333. The monoisotopic (exact) mass is 403 g/mol. The van der Waals surface area contributed by atoms with E-state index in [1.807, 2.05) is 25.1 Å². The highest BCUT2D eigenvalue weighted by Crippen LogP contribution is 2.20. The molecule has 148 valence electrons. The molecule has 0 spiro atoms. The predicted molar refractivity (Wildman–Crippen MR) is 107 cm³/mol. The van der Waals surface area contributed by atoms with E-state index in [-0.39, 0.29) is 6.61 Å². The van der Waals surface area contributed by atoms with E-state index in [1.54, 1.807) is 24.3 Å². The summed E-state index contributed by atoms with van der Waals surface area (Å²) in [5.41, 5.74) is 3.06. The molecular weight excluding hydrogens is 380 g/mol. The molecule has 2 aromatic carbocycles. The first-order valence-electron chi connectivity index (χ1n) is 9.24. The number of carbonyl (C=O) groups excluding carboxylic acids is 2. The van der Waals surface area contributed by atoms with Crippen LogP contribution in [0, 0.1) is 6.92 Å². The Kier molecular flexibility index (Phi) is 7.03. The summed E-state index contributed by atoms with van der Waals surface area (Å²) >= 11 is 5.94. The molecule has 7 heteroatoms. The summed E-state index contributed by atoms with van der Waals surface area (Å²) in [4.78, 5) is 25.7. The van der Waals surface area contributed by atoms with E-state index in [1.165, 1.54) is 4.90 Å². The van der Waals surface area contributed by atoms with Crippen molar-refractivity contribution in [1.29, 1.82) is 0 Å². The summed E-state index contributed by atoms with van der Waals surface area (Å²) in [7, 11) is 0. The second-order valence-electron chi connectivity index (χ2n) is 6.82. The number of benzene rings is 2. The number of quaternary nitrogens is 1. The molecule has 1 heterocycles. The Balaban J connectivity index is 1.48. The van der Waals surface area contributed by atoms with Crippen molar-refractivity contribution >= 4 is 29.2 Å². The second-order valence-corrected chi connectivity index (χ2v) is 7.26. The molecule has 1 saturated heterocycles. The number of amides is 1. The SMILES string of the molecule is Cc1ccc(Cl)cc1NC(=O)COC(=O)c1ccc(C[NH+]2CCOCC2)cc1. The molecule has 0 unspecified atom stereocenters. The molecule has 2 N–H and O–H groups in total. The van der Waals surface area contributed by atoms with Gasteiger partial charge in [0.05, 0.1) is 18.8 Å². The molecule has 1 aliphatic heterocycles. The summed E-state index contributed by atoms with van der Waals surface area (Å²) in [6.07, 6.45) is 0. The number of carbonyl (C=O) groups is 2. The van der Waals surface area contributed by atoms with E-state index in [0.717, 1.165) is 44.0 Å². The molecule has 1 fully saturated rings. The molecule has 6 nitrogen and oxygen atoms in total. The third-order valence-corrected chi connectivity index (χ3v) is 4.89. The van der Waals surface area contributed by atoms with Gasteiger partial charge in [-0.2, -0.15) is 0 Å². The van der Waals surface area contributed by atoms with E-state index >= 15 is 0 Å². The van der Waals surface area contributed by atoms with Gasteiger partial charge in [0.2, 0.25) is 0 Å². The van der Waals surface area contributed by atoms with Crippen LogP contribution in [0.5, 0.6) is 0 Å². The van der Waals surface area contributed by atoms with Gasteiger partial charge in [0, 0.05) is 16.3 Å². The number of anilines is 1. The number of hydrogen-bond donors (Lipinski definition) is 2. The largest absolute Gasteiger partial charge is 0.452 e. The maximum Gasteiger partial charge on any atom is 0.338 e. The van der Waals surface area contributed by atoms with Gasteiger partial charge in [0.15, 0.2) is 6.61 Å². The lowest BCUT2D eigenvalue weighted by Gasteiger charge is -2.23. The van der Waals surface area contributed by atoms with Gasteiger partial charge in [-0.25, -0.2) is 4.79 Å². The number of esters is 1. The standard InChI is InChI=1S/C21H23ClN2O4/c1-15-2-7-18(22)12-19(15)23-20(25)14-28-21(26)17-5-3-16(4-6-17)13-24-8-10-27-11-9-24/h2-7,12H,8-11,13-14H2,1H3,(H,23,25)/p+1. The number of hydrogen-bond acceptors (Lipinski definition) is 4. The molecular formula is C21H24ClN2O4+. The lowest BCUT2D eigenvalue weighted by Crippen LogP contribution is -3.12. The third kappa shape index (κ3) is 5.79. The normalized spacial score (nSPS) is 14.5. The minimum atomic E-state index is -0.525. The Labute approximate surface area is 169 Å². The molecule has 3 rings (SSSR count). The first-order chi connectivity index (χ1) is 13.5. The fourth-order valence-electron chi connectivity index (χ4n) is 3.01. The van der Waals surface area contributed by atoms with Crippen molar-refractivity contribution in [2.75, 3.05) is 38.2 Å². The maximum absolute atomic E-state index is 12.2. The highest BCUT2D eigenvalue weighted by Gasteiger charge is 2.15. The van der Waals surface area contributed by atoms with Crippen LogP contribution in [0.4, 0.5) is 5.69 Å². The topological polar surface area (TPSA) is 69.1 Å². The van der Waals surface area contributed by atoms with Crippen molar-refractivity contribution < 1.29 is 24.0 Å². The van der Waals surface area contributed by atoms with E-state index < -0.39 is 11.9 Å². The van der Waals surface area contributed by atoms with Crippen LogP contribution >= 0.6 is 11.6 Å². The van der Waals surface area contributed by atoms with Crippen molar-refractivity contribution in [1.82, 2.24) is 0 Å². The van der Waals surface area contributed by atoms with Gasteiger partial charge in [0.1, 0.15) is 19.6 Å². The lowest BCUT2D eigenvalue weighted by molar-refractivity contribution is -0.921. The van der Waals surface area contributed by atoms with Gasteiger partial charge >= 0.3 is 5.97 Å². The van der Waals surface area contributed by atoms with Crippen molar-refractivity contribution in [2.45, 2.75) is 13.5 Å². The Hall–Kier alpha value is -2.41. The van der Waals surface area contributed by atoms with Gasteiger partial charge in [0.25, 0.3) is 5.91 Å². The van der Waals surface area contributed by atoms with Crippen molar-refractivity contribution in [3.05, 3.63) is 64.2 Å². The first kappa shape index (κ1) is 20.3. The van der Waals surface area contributed by atoms with Gasteiger partial charge < -0.3 is 19.7 Å². The first-order valence-corrected chi connectivity index (χ1v) is 9.62. The Morgan fingerprint density at radius 3 is 2.57 bits per heavy atom. The molecule has 0 saturated carbocycles. The second kappa shape index (κ2) is 9.68. The lowest BCUT2D eigenvalue weighted by atomic mass is 10.1. The Bertz CT molecular complexity index is 833. The molecule has 0 radical (unpaired) electrons. The molecule has 2 aromatic rings. The zero-order valence-electron chi connectivity index (χ0n) is 15.8. The van der Waals surface area contributed by atoms with E-state index in [9.17, 15) is 9.59 Å². The number of nitrogens with one attached hydrogen (secondary N) is 2. The predicted octanol–water partition coefficient (Wildman–Crippen LogP) is 1.86. The van der Waals surface area contributed by atoms with Crippen LogP contribution in [0.1, 0.15) is 21.5 Å². The highest BCUT2D eigenvalue weighted by molar-refractivity contribution is 6.31. The molecule has 0 aromatic heterocycles. The van der Waals surface area contributed by atoms with Crippen LogP contribution in [0.25, 0.3) is 0 Å². The van der Waals surface area contributed by atoms with E-state index in [4.69, 9.17) is 21.1 Å². The molecule has 0 bridgehead atoms. The summed E-state index contributed by atoms with van der Waals surface area (Å²) < 4.78 is 10.5. The van der Waals surface area contributed by atoms with Crippen LogP contribution < -0.4 is 10.2 Å². The van der Waals surface area contributed by atoms with E-state index in [2.05, 4.69) is 5.32 Å². The number of rotatable bonds is 6. The van der Waals surface area contributed by atoms with Crippen molar-refractivity contribution in [3.8, 4) is 0 Å². The van der Waals surface area contributed by atoms with Crippen LogP contribution in [0.2, 0.25) is 5.02 Å². The van der Waals surface area contributed by atoms with Gasteiger partial charge in [-0.1, -0.05) is 29.8 Å². The van der Waals surface area contributed by atoms with Crippen molar-refractivity contribution in [2.24, 2.45) is 0 Å². The minimum absolute atomic E-state index is 0.357. The highest BCUT2D eigenvalue weighted by atomic mass is 35.5. The number of halogens is 1. The zero-order chi connectivity index (χ0) is 19.9. The minimum Gasteiger partial charge on any atom is -0.452 e. The summed E-state index contributed by atoms with van der Waals surface area (Å²) in [6, 6.07) is 12.5. The molecule has 1 aliphatic rings. The molecule has 1 amide bonds. The van der Waals surface area contributed by atoms with Crippen LogP contribution in [-0.4, -0.2) is 44.8 Å². The summed E-state index contributed by atoms with van der Waals surface area (Å²) in [6.45, 7) is 5.96. The van der Waals surface area contributed by atoms with Crippen LogP contribution in [0.15, 0.2) is 42.5 Å². The average molecular weight is 404 g/mol. The fourth-order valence-corrected chi connectivity index (χ4v) is 3.19. The molecule has 0 aliphatic carbocycles. The number of morpholine rings is 1. The zero-order valence-corrected chi connectivity index (χ0v) is 16.6. The van der Waals surface area contributed by atoms with Crippen LogP contribution in [-0.2, 0) is 20.8 Å². The van der Waals surface area contributed by atoms with Crippen molar-refractivity contribution in [3.63, 3.8) is 0 Å². The van der Waals surface area contributed by atoms with Gasteiger partial charge in [-0.15, -0.1) is 0 Å². The number of ether oxygens (including phenoxy) is 2. The molecule has 0 atom stereocenters. The molecule has 28 heavy (non-hydrogen) atoms.